The summed E-state index contributed by atoms with van der Waals surface area (Å²) in [5.74, 6) is 0.847. The van der Waals surface area contributed by atoms with Gasteiger partial charge in [0.2, 0.25) is 0 Å². The van der Waals surface area contributed by atoms with E-state index in [1.807, 2.05) is 42.5 Å². The zero-order valence-electron chi connectivity index (χ0n) is 10.6. The van der Waals surface area contributed by atoms with Crippen molar-refractivity contribution in [1.82, 2.24) is 0 Å². The predicted octanol–water partition coefficient (Wildman–Crippen LogP) is 4.66. The smallest absolute Gasteiger partial charge is 0.120 e. The maximum Gasteiger partial charge on any atom is 0.120 e. The average Bonchev–Trinajstić information content (AvgIpc) is 2.43. The molecule has 0 unspecified atom stereocenters. The van der Waals surface area contributed by atoms with Crippen LogP contribution in [-0.2, 0) is 6.42 Å². The fourth-order valence-electron chi connectivity index (χ4n) is 1.78. The summed E-state index contributed by atoms with van der Waals surface area (Å²) >= 11 is 11.9. The second kappa shape index (κ2) is 6.69. The molecule has 2 nitrogen and oxygen atoms in total. The molecule has 0 saturated carbocycles. The number of nitrogens with one attached hydrogen (secondary N) is 1. The molecule has 0 fully saturated rings. The van der Waals surface area contributed by atoms with Crippen LogP contribution < -0.4 is 10.1 Å². The van der Waals surface area contributed by atoms with Crippen LogP contribution in [0, 0.1) is 0 Å². The van der Waals surface area contributed by atoms with E-state index >= 15 is 0 Å². The Morgan fingerprint density at radius 3 is 2.63 bits per heavy atom. The van der Waals surface area contributed by atoms with Gasteiger partial charge in [-0.3, -0.25) is 0 Å². The molecule has 0 atom stereocenters. The molecule has 0 heterocycles. The van der Waals surface area contributed by atoms with Crippen molar-refractivity contribution in [2.45, 2.75) is 6.42 Å². The highest BCUT2D eigenvalue weighted by Crippen LogP contribution is 2.23. The van der Waals surface area contributed by atoms with E-state index in [1.165, 1.54) is 0 Å². The third kappa shape index (κ3) is 4.05. The zero-order chi connectivity index (χ0) is 13.7. The molecule has 0 aliphatic rings. The Balaban J connectivity index is 1.90. The zero-order valence-corrected chi connectivity index (χ0v) is 12.1. The van der Waals surface area contributed by atoms with E-state index < -0.39 is 0 Å². The third-order valence-electron chi connectivity index (χ3n) is 2.80. The Bertz CT molecular complexity index is 558. The monoisotopic (exact) mass is 295 g/mol. The van der Waals surface area contributed by atoms with Gasteiger partial charge in [-0.2, -0.15) is 0 Å². The van der Waals surface area contributed by atoms with Crippen molar-refractivity contribution in [3.05, 3.63) is 58.1 Å². The van der Waals surface area contributed by atoms with Gasteiger partial charge in [-0.05, 0) is 36.2 Å². The SMILES string of the molecule is COc1cccc(NCCc2ccc(Cl)c(Cl)c2)c1. The lowest BCUT2D eigenvalue weighted by Gasteiger charge is -2.08. The van der Waals surface area contributed by atoms with Crippen LogP contribution in [0.4, 0.5) is 5.69 Å². The molecule has 2 aromatic rings. The van der Waals surface area contributed by atoms with Gasteiger partial charge in [0.05, 0.1) is 17.2 Å². The van der Waals surface area contributed by atoms with Crippen LogP contribution in [0.1, 0.15) is 5.56 Å². The predicted molar refractivity (Wildman–Crippen MR) is 81.6 cm³/mol. The molecule has 0 aromatic heterocycles. The normalized spacial score (nSPS) is 10.3. The van der Waals surface area contributed by atoms with Crippen molar-refractivity contribution in [2.75, 3.05) is 19.0 Å². The molecule has 4 heteroatoms. The lowest BCUT2D eigenvalue weighted by atomic mass is 10.1. The lowest BCUT2D eigenvalue weighted by molar-refractivity contribution is 0.415. The molecule has 0 amide bonds. The van der Waals surface area contributed by atoms with Crippen molar-refractivity contribution in [3.63, 3.8) is 0 Å². The first kappa shape index (κ1) is 14.0. The summed E-state index contributed by atoms with van der Waals surface area (Å²) in [4.78, 5) is 0. The number of halogens is 2. The summed E-state index contributed by atoms with van der Waals surface area (Å²) in [5.41, 5.74) is 2.20. The first-order valence-electron chi connectivity index (χ1n) is 6.01. The van der Waals surface area contributed by atoms with E-state index in [0.717, 1.165) is 30.0 Å². The Labute approximate surface area is 123 Å². The highest BCUT2D eigenvalue weighted by atomic mass is 35.5. The lowest BCUT2D eigenvalue weighted by Crippen LogP contribution is -2.04. The number of methoxy groups -OCH3 is 1. The number of hydrogen-bond acceptors (Lipinski definition) is 2. The Kier molecular flexibility index (Phi) is 4.94. The molecule has 0 aliphatic carbocycles. The van der Waals surface area contributed by atoms with Gasteiger partial charge in [0.1, 0.15) is 5.75 Å². The van der Waals surface area contributed by atoms with Gasteiger partial charge in [0.25, 0.3) is 0 Å². The van der Waals surface area contributed by atoms with E-state index in [1.54, 1.807) is 7.11 Å². The highest BCUT2D eigenvalue weighted by Gasteiger charge is 2.00. The van der Waals surface area contributed by atoms with Crippen molar-refractivity contribution < 1.29 is 4.74 Å². The number of rotatable bonds is 5. The van der Waals surface area contributed by atoms with Gasteiger partial charge in [-0.1, -0.05) is 35.3 Å². The molecule has 19 heavy (non-hydrogen) atoms. The molecule has 1 N–H and O–H groups in total. The van der Waals surface area contributed by atoms with Crippen LogP contribution in [-0.4, -0.2) is 13.7 Å². The van der Waals surface area contributed by atoms with Gasteiger partial charge < -0.3 is 10.1 Å². The first-order chi connectivity index (χ1) is 9.19. The van der Waals surface area contributed by atoms with Gasteiger partial charge in [0.15, 0.2) is 0 Å². The minimum absolute atomic E-state index is 0.589. The minimum atomic E-state index is 0.589. The highest BCUT2D eigenvalue weighted by molar-refractivity contribution is 6.42. The molecule has 0 spiro atoms. The largest absolute Gasteiger partial charge is 0.497 e. The van der Waals surface area contributed by atoms with Gasteiger partial charge in [-0.25, -0.2) is 0 Å². The maximum atomic E-state index is 5.98. The molecule has 2 rings (SSSR count). The van der Waals surface area contributed by atoms with Crippen molar-refractivity contribution in [2.24, 2.45) is 0 Å². The van der Waals surface area contributed by atoms with Crippen molar-refractivity contribution in [3.8, 4) is 5.75 Å². The minimum Gasteiger partial charge on any atom is -0.497 e. The van der Waals surface area contributed by atoms with Crippen LogP contribution in [0.25, 0.3) is 0 Å². The Morgan fingerprint density at radius 2 is 1.89 bits per heavy atom. The number of hydrogen-bond donors (Lipinski definition) is 1. The van der Waals surface area contributed by atoms with E-state index in [4.69, 9.17) is 27.9 Å². The second-order valence-corrected chi connectivity index (χ2v) is 4.97. The van der Waals surface area contributed by atoms with Crippen LogP contribution >= 0.6 is 23.2 Å². The number of ether oxygens (including phenoxy) is 1. The third-order valence-corrected chi connectivity index (χ3v) is 3.54. The molecular weight excluding hydrogens is 281 g/mol. The van der Waals surface area contributed by atoms with E-state index in [2.05, 4.69) is 5.32 Å². The summed E-state index contributed by atoms with van der Waals surface area (Å²) < 4.78 is 5.18. The molecule has 0 radical (unpaired) electrons. The summed E-state index contributed by atoms with van der Waals surface area (Å²) in [5, 5.41) is 4.53. The van der Waals surface area contributed by atoms with Gasteiger partial charge >= 0.3 is 0 Å². The standard InChI is InChI=1S/C15H15Cl2NO/c1-19-13-4-2-3-12(10-13)18-8-7-11-5-6-14(16)15(17)9-11/h2-6,9-10,18H,7-8H2,1H3. The Morgan fingerprint density at radius 1 is 1.05 bits per heavy atom. The summed E-state index contributed by atoms with van der Waals surface area (Å²) in [7, 11) is 1.66. The fraction of sp³-hybridized carbons (Fsp3) is 0.200. The van der Waals surface area contributed by atoms with Crippen molar-refractivity contribution in [1.29, 1.82) is 0 Å². The molecular formula is C15H15Cl2NO. The van der Waals surface area contributed by atoms with E-state index in [9.17, 15) is 0 Å². The average molecular weight is 296 g/mol. The van der Waals surface area contributed by atoms with Crippen LogP contribution in [0.2, 0.25) is 10.0 Å². The molecule has 100 valence electrons. The molecule has 0 aliphatic heterocycles. The topological polar surface area (TPSA) is 21.3 Å². The quantitative estimate of drug-likeness (QED) is 0.866. The molecule has 2 aromatic carbocycles. The number of anilines is 1. The summed E-state index contributed by atoms with van der Waals surface area (Å²) in [6.07, 6.45) is 0.883. The van der Waals surface area contributed by atoms with Crippen LogP contribution in [0.5, 0.6) is 5.75 Å². The van der Waals surface area contributed by atoms with Gasteiger partial charge in [0, 0.05) is 18.3 Å². The van der Waals surface area contributed by atoms with Crippen molar-refractivity contribution >= 4 is 28.9 Å². The van der Waals surface area contributed by atoms with E-state index in [-0.39, 0.29) is 0 Å². The van der Waals surface area contributed by atoms with Gasteiger partial charge in [-0.15, -0.1) is 0 Å². The second-order valence-electron chi connectivity index (χ2n) is 4.16. The summed E-state index contributed by atoms with van der Waals surface area (Å²) in [6.45, 7) is 0.825. The fourth-order valence-corrected chi connectivity index (χ4v) is 2.10. The first-order valence-corrected chi connectivity index (χ1v) is 6.76. The Hall–Kier alpha value is -1.38. The van der Waals surface area contributed by atoms with Crippen LogP contribution in [0.3, 0.4) is 0 Å². The van der Waals surface area contributed by atoms with Crippen LogP contribution in [0.15, 0.2) is 42.5 Å². The summed E-state index contributed by atoms with van der Waals surface area (Å²) in [6, 6.07) is 13.6. The van der Waals surface area contributed by atoms with E-state index in [0.29, 0.717) is 10.0 Å². The maximum absolute atomic E-state index is 5.98. The molecule has 0 bridgehead atoms. The number of benzene rings is 2. The molecule has 0 saturated heterocycles.